The highest BCUT2D eigenvalue weighted by Gasteiger charge is 2.17. The van der Waals surface area contributed by atoms with Gasteiger partial charge in [-0.15, -0.1) is 0 Å². The second kappa shape index (κ2) is 7.95. The van der Waals surface area contributed by atoms with E-state index in [-0.39, 0.29) is 17.3 Å². The van der Waals surface area contributed by atoms with Gasteiger partial charge in [-0.25, -0.2) is 12.7 Å². The molecule has 0 bridgehead atoms. The number of hydrogen-bond acceptors (Lipinski definition) is 6. The van der Waals surface area contributed by atoms with Crippen molar-refractivity contribution in [1.82, 2.24) is 19.6 Å². The summed E-state index contributed by atoms with van der Waals surface area (Å²) >= 11 is 1.56. The van der Waals surface area contributed by atoms with Gasteiger partial charge in [0.2, 0.25) is 10.0 Å². The Hall–Kier alpha value is -2.62. The van der Waals surface area contributed by atoms with Gasteiger partial charge in [-0.1, -0.05) is 0 Å². The maximum Gasteiger partial charge on any atom is 0.251 e. The first-order chi connectivity index (χ1) is 12.9. The number of rotatable bonds is 6. The van der Waals surface area contributed by atoms with Gasteiger partial charge in [0, 0.05) is 43.0 Å². The second-order valence-corrected chi connectivity index (χ2v) is 8.79. The van der Waals surface area contributed by atoms with E-state index in [0.29, 0.717) is 11.3 Å². The van der Waals surface area contributed by atoms with Gasteiger partial charge in [0.05, 0.1) is 22.8 Å². The molecule has 7 nitrogen and oxygen atoms in total. The molecular weight excluding hydrogens is 384 g/mol. The van der Waals surface area contributed by atoms with Gasteiger partial charge in [-0.2, -0.15) is 11.3 Å². The van der Waals surface area contributed by atoms with Crippen LogP contribution in [0.4, 0.5) is 0 Å². The quantitative estimate of drug-likeness (QED) is 0.683. The summed E-state index contributed by atoms with van der Waals surface area (Å²) in [4.78, 5) is 21.2. The molecule has 0 aliphatic heterocycles. The van der Waals surface area contributed by atoms with Crippen molar-refractivity contribution in [3.63, 3.8) is 0 Å². The highest BCUT2D eigenvalue weighted by Crippen LogP contribution is 2.22. The van der Waals surface area contributed by atoms with Gasteiger partial charge < -0.3 is 5.32 Å². The van der Waals surface area contributed by atoms with E-state index in [1.54, 1.807) is 23.7 Å². The lowest BCUT2D eigenvalue weighted by molar-refractivity contribution is 0.0950. The van der Waals surface area contributed by atoms with E-state index in [2.05, 4.69) is 15.3 Å². The third kappa shape index (κ3) is 4.21. The fourth-order valence-corrected chi connectivity index (χ4v) is 3.93. The molecule has 0 fully saturated rings. The molecule has 0 spiro atoms. The van der Waals surface area contributed by atoms with Crippen LogP contribution >= 0.6 is 11.3 Å². The predicted molar refractivity (Wildman–Crippen MR) is 104 cm³/mol. The van der Waals surface area contributed by atoms with Crippen LogP contribution in [0.3, 0.4) is 0 Å². The van der Waals surface area contributed by atoms with Crippen molar-refractivity contribution in [3.05, 3.63) is 64.7 Å². The van der Waals surface area contributed by atoms with Crippen molar-refractivity contribution in [1.29, 1.82) is 0 Å². The van der Waals surface area contributed by atoms with Gasteiger partial charge in [0.1, 0.15) is 0 Å². The van der Waals surface area contributed by atoms with Gasteiger partial charge in [-0.3, -0.25) is 14.8 Å². The van der Waals surface area contributed by atoms with Crippen molar-refractivity contribution < 1.29 is 13.2 Å². The number of carbonyl (C=O) groups is 1. The van der Waals surface area contributed by atoms with E-state index >= 15 is 0 Å². The summed E-state index contributed by atoms with van der Waals surface area (Å²) in [6.45, 7) is 0.218. The lowest BCUT2D eigenvalue weighted by Crippen LogP contribution is -2.24. The van der Waals surface area contributed by atoms with Crippen LogP contribution in [0.2, 0.25) is 0 Å². The fourth-order valence-electron chi connectivity index (χ4n) is 2.39. The molecule has 0 aliphatic carbocycles. The van der Waals surface area contributed by atoms with Crippen molar-refractivity contribution >= 4 is 27.3 Å². The number of nitrogens with one attached hydrogen (secondary N) is 1. The van der Waals surface area contributed by atoms with Crippen molar-refractivity contribution in [2.45, 2.75) is 11.4 Å². The Morgan fingerprint density at radius 2 is 1.81 bits per heavy atom. The van der Waals surface area contributed by atoms with Crippen molar-refractivity contribution in [3.8, 4) is 11.3 Å². The minimum absolute atomic E-state index is 0.137. The Labute approximate surface area is 161 Å². The molecule has 2 aromatic heterocycles. The van der Waals surface area contributed by atoms with E-state index in [1.165, 1.54) is 38.4 Å². The van der Waals surface area contributed by atoms with Gasteiger partial charge >= 0.3 is 0 Å². The average Bonchev–Trinajstić information content (AvgIpc) is 3.21. The molecule has 140 valence electrons. The largest absolute Gasteiger partial charge is 0.346 e. The van der Waals surface area contributed by atoms with Crippen LogP contribution in [0, 0.1) is 0 Å². The zero-order valence-corrected chi connectivity index (χ0v) is 16.4. The summed E-state index contributed by atoms with van der Waals surface area (Å²) in [6, 6.07) is 7.76. The molecule has 3 rings (SSSR count). The minimum atomic E-state index is -3.52. The van der Waals surface area contributed by atoms with E-state index in [1.807, 2.05) is 16.8 Å². The average molecular weight is 403 g/mol. The summed E-state index contributed by atoms with van der Waals surface area (Å²) in [5.41, 5.74) is 2.71. The predicted octanol–water partition coefficient (Wildman–Crippen LogP) is 2.39. The third-order valence-electron chi connectivity index (χ3n) is 3.88. The molecule has 27 heavy (non-hydrogen) atoms. The number of nitrogens with zero attached hydrogens (tertiary/aromatic N) is 3. The molecule has 2 heterocycles. The number of hydrogen-bond donors (Lipinski definition) is 1. The van der Waals surface area contributed by atoms with E-state index in [4.69, 9.17) is 0 Å². The molecule has 1 aromatic carbocycles. The Balaban J connectivity index is 1.72. The number of thiophene rings is 1. The highest BCUT2D eigenvalue weighted by atomic mass is 32.2. The second-order valence-electron chi connectivity index (χ2n) is 5.86. The summed E-state index contributed by atoms with van der Waals surface area (Å²) in [6.07, 6.45) is 3.19. The van der Waals surface area contributed by atoms with Crippen LogP contribution in [0.25, 0.3) is 11.3 Å². The smallest absolute Gasteiger partial charge is 0.251 e. The molecule has 3 aromatic rings. The van der Waals surface area contributed by atoms with Crippen LogP contribution < -0.4 is 5.32 Å². The molecule has 0 saturated heterocycles. The van der Waals surface area contributed by atoms with Crippen LogP contribution in [-0.4, -0.2) is 42.7 Å². The Bertz CT molecular complexity index is 1030. The van der Waals surface area contributed by atoms with Crippen molar-refractivity contribution in [2.24, 2.45) is 0 Å². The molecule has 0 saturated carbocycles. The van der Waals surface area contributed by atoms with Crippen LogP contribution in [-0.2, 0) is 16.6 Å². The minimum Gasteiger partial charge on any atom is -0.346 e. The van der Waals surface area contributed by atoms with Gasteiger partial charge in [0.25, 0.3) is 5.91 Å². The Morgan fingerprint density at radius 1 is 1.11 bits per heavy atom. The number of sulfonamides is 1. The lowest BCUT2D eigenvalue weighted by atomic mass is 10.1. The number of carbonyl (C=O) groups excluding carboxylic acids is 1. The zero-order chi connectivity index (χ0) is 19.4. The van der Waals surface area contributed by atoms with E-state index in [9.17, 15) is 13.2 Å². The SMILES string of the molecule is CN(C)S(=O)(=O)c1ccc(C(=O)NCc2nccnc2-c2ccsc2)cc1. The molecule has 1 N–H and O–H groups in total. The van der Waals surface area contributed by atoms with Gasteiger partial charge in [-0.05, 0) is 35.7 Å². The highest BCUT2D eigenvalue weighted by molar-refractivity contribution is 7.89. The molecule has 0 radical (unpaired) electrons. The zero-order valence-electron chi connectivity index (χ0n) is 14.8. The number of amides is 1. The number of aromatic nitrogens is 2. The molecular formula is C18H18N4O3S2. The van der Waals surface area contributed by atoms with Crippen LogP contribution in [0.15, 0.2) is 58.4 Å². The topological polar surface area (TPSA) is 92.3 Å². The first-order valence-electron chi connectivity index (χ1n) is 8.03. The maximum atomic E-state index is 12.4. The monoisotopic (exact) mass is 402 g/mol. The molecule has 0 aliphatic rings. The summed E-state index contributed by atoms with van der Waals surface area (Å²) < 4.78 is 25.3. The third-order valence-corrected chi connectivity index (χ3v) is 6.39. The molecule has 0 unspecified atom stereocenters. The number of benzene rings is 1. The first-order valence-corrected chi connectivity index (χ1v) is 10.4. The standard InChI is InChI=1S/C18H18N4O3S2/c1-22(2)27(24,25)15-5-3-13(4-6-15)18(23)21-11-16-17(20-9-8-19-16)14-7-10-26-12-14/h3-10,12H,11H2,1-2H3,(H,21,23). The molecule has 9 heteroatoms. The normalized spacial score (nSPS) is 11.5. The van der Waals surface area contributed by atoms with Crippen molar-refractivity contribution in [2.75, 3.05) is 14.1 Å². The maximum absolute atomic E-state index is 12.4. The summed E-state index contributed by atoms with van der Waals surface area (Å²) in [7, 11) is -0.601. The van der Waals surface area contributed by atoms with Gasteiger partial charge in [0.15, 0.2) is 0 Å². The van der Waals surface area contributed by atoms with E-state index in [0.717, 1.165) is 15.6 Å². The molecule has 1 amide bonds. The van der Waals surface area contributed by atoms with E-state index < -0.39 is 10.0 Å². The summed E-state index contributed by atoms with van der Waals surface area (Å²) in [5.74, 6) is -0.314. The first kappa shape index (κ1) is 19.2. The fraction of sp³-hybridized carbons (Fsp3) is 0.167. The van der Waals surface area contributed by atoms with Crippen LogP contribution in [0.1, 0.15) is 16.1 Å². The van der Waals surface area contributed by atoms with Crippen LogP contribution in [0.5, 0.6) is 0 Å². The lowest BCUT2D eigenvalue weighted by Gasteiger charge is -2.12. The Kier molecular flexibility index (Phi) is 5.64. The molecule has 0 atom stereocenters. The Morgan fingerprint density at radius 3 is 2.44 bits per heavy atom. The summed E-state index contributed by atoms with van der Waals surface area (Å²) in [5, 5.41) is 6.73.